The lowest BCUT2D eigenvalue weighted by atomic mass is 9.72. The molecule has 19 heavy (non-hydrogen) atoms. The van der Waals surface area contributed by atoms with E-state index in [1.807, 2.05) is 0 Å². The predicted molar refractivity (Wildman–Crippen MR) is 86.3 cm³/mol. The SMILES string of the molecule is CNC(c1ccc(Br)c(C)c1)C1CCC(C)C(C)C1. The van der Waals surface area contributed by atoms with E-state index in [4.69, 9.17) is 0 Å². The van der Waals surface area contributed by atoms with Gasteiger partial charge in [-0.1, -0.05) is 48.3 Å². The maximum Gasteiger partial charge on any atom is 0.0346 e. The van der Waals surface area contributed by atoms with Crippen LogP contribution in [0.2, 0.25) is 0 Å². The Bertz CT molecular complexity index is 429. The number of hydrogen-bond acceptors (Lipinski definition) is 1. The first-order valence-electron chi connectivity index (χ1n) is 7.46. The normalized spacial score (nSPS) is 29.2. The van der Waals surface area contributed by atoms with E-state index in [9.17, 15) is 0 Å². The van der Waals surface area contributed by atoms with Crippen LogP contribution in [0.25, 0.3) is 0 Å². The fourth-order valence-electron chi connectivity index (χ4n) is 3.43. The molecule has 1 aliphatic rings. The maximum absolute atomic E-state index is 3.59. The monoisotopic (exact) mass is 323 g/mol. The number of aryl methyl sites for hydroxylation is 1. The van der Waals surface area contributed by atoms with Crippen molar-refractivity contribution in [1.29, 1.82) is 0 Å². The third kappa shape index (κ3) is 3.41. The van der Waals surface area contributed by atoms with E-state index in [0.29, 0.717) is 6.04 Å². The van der Waals surface area contributed by atoms with Crippen molar-refractivity contribution in [2.24, 2.45) is 17.8 Å². The lowest BCUT2D eigenvalue weighted by Gasteiger charge is -2.37. The van der Waals surface area contributed by atoms with Crippen LogP contribution in [0.1, 0.15) is 50.3 Å². The van der Waals surface area contributed by atoms with E-state index in [2.05, 4.69) is 67.3 Å². The van der Waals surface area contributed by atoms with Gasteiger partial charge in [0, 0.05) is 10.5 Å². The Morgan fingerprint density at radius 1 is 1.21 bits per heavy atom. The number of rotatable bonds is 3. The molecule has 106 valence electrons. The Labute approximate surface area is 126 Å². The topological polar surface area (TPSA) is 12.0 Å². The molecule has 4 atom stereocenters. The molecule has 1 fully saturated rings. The molecule has 0 amide bonds. The molecular weight excluding hydrogens is 298 g/mol. The molecule has 0 spiro atoms. The van der Waals surface area contributed by atoms with Gasteiger partial charge in [0.15, 0.2) is 0 Å². The van der Waals surface area contributed by atoms with Gasteiger partial charge >= 0.3 is 0 Å². The van der Waals surface area contributed by atoms with Crippen molar-refractivity contribution in [1.82, 2.24) is 5.32 Å². The van der Waals surface area contributed by atoms with Crippen molar-refractivity contribution in [3.05, 3.63) is 33.8 Å². The third-order valence-corrected chi connectivity index (χ3v) is 5.85. The fraction of sp³-hybridized carbons (Fsp3) is 0.647. The summed E-state index contributed by atoms with van der Waals surface area (Å²) in [6.45, 7) is 6.99. The minimum absolute atomic E-state index is 0.502. The molecule has 1 aliphatic carbocycles. The second kappa shape index (κ2) is 6.41. The van der Waals surface area contributed by atoms with Gasteiger partial charge in [-0.05, 0) is 61.8 Å². The number of benzene rings is 1. The molecule has 0 aromatic heterocycles. The zero-order valence-corrected chi connectivity index (χ0v) is 14.1. The van der Waals surface area contributed by atoms with Crippen molar-refractivity contribution in [2.75, 3.05) is 7.05 Å². The van der Waals surface area contributed by atoms with Crippen LogP contribution in [0.5, 0.6) is 0 Å². The first-order chi connectivity index (χ1) is 9.02. The van der Waals surface area contributed by atoms with Gasteiger partial charge in [0.2, 0.25) is 0 Å². The summed E-state index contributed by atoms with van der Waals surface area (Å²) in [6, 6.07) is 7.28. The molecule has 0 radical (unpaired) electrons. The van der Waals surface area contributed by atoms with Gasteiger partial charge in [0.25, 0.3) is 0 Å². The van der Waals surface area contributed by atoms with Gasteiger partial charge in [-0.3, -0.25) is 0 Å². The minimum Gasteiger partial charge on any atom is -0.313 e. The first-order valence-corrected chi connectivity index (χ1v) is 8.25. The van der Waals surface area contributed by atoms with Crippen LogP contribution < -0.4 is 5.32 Å². The molecule has 2 rings (SSSR count). The molecule has 0 saturated heterocycles. The average Bonchev–Trinajstić information content (AvgIpc) is 2.39. The van der Waals surface area contributed by atoms with Crippen LogP contribution >= 0.6 is 15.9 Å². The van der Waals surface area contributed by atoms with Crippen molar-refractivity contribution in [2.45, 2.75) is 46.1 Å². The summed E-state index contributed by atoms with van der Waals surface area (Å²) in [5.74, 6) is 2.52. The molecule has 4 unspecified atom stereocenters. The molecule has 0 bridgehead atoms. The highest BCUT2D eigenvalue weighted by molar-refractivity contribution is 9.10. The third-order valence-electron chi connectivity index (χ3n) is 4.96. The Balaban J connectivity index is 2.17. The fourth-order valence-corrected chi connectivity index (χ4v) is 3.67. The number of nitrogens with one attached hydrogen (secondary N) is 1. The molecule has 0 heterocycles. The summed E-state index contributed by atoms with van der Waals surface area (Å²) in [5, 5.41) is 3.55. The Morgan fingerprint density at radius 2 is 1.95 bits per heavy atom. The highest BCUT2D eigenvalue weighted by Crippen LogP contribution is 2.40. The second-order valence-electron chi connectivity index (χ2n) is 6.30. The van der Waals surface area contributed by atoms with Crippen LogP contribution in [0.4, 0.5) is 0 Å². The van der Waals surface area contributed by atoms with Crippen LogP contribution in [0.3, 0.4) is 0 Å². The van der Waals surface area contributed by atoms with E-state index < -0.39 is 0 Å². The quantitative estimate of drug-likeness (QED) is 0.816. The van der Waals surface area contributed by atoms with Crippen LogP contribution in [0, 0.1) is 24.7 Å². The smallest absolute Gasteiger partial charge is 0.0346 e. The van der Waals surface area contributed by atoms with Gasteiger partial charge in [-0.15, -0.1) is 0 Å². The zero-order valence-electron chi connectivity index (χ0n) is 12.5. The largest absolute Gasteiger partial charge is 0.313 e. The van der Waals surface area contributed by atoms with Gasteiger partial charge in [-0.2, -0.15) is 0 Å². The first kappa shape index (κ1) is 15.1. The van der Waals surface area contributed by atoms with Gasteiger partial charge in [0.05, 0.1) is 0 Å². The predicted octanol–water partition coefficient (Wildman–Crippen LogP) is 5.09. The molecule has 1 aromatic carbocycles. The summed E-state index contributed by atoms with van der Waals surface area (Å²) < 4.78 is 1.21. The molecule has 1 saturated carbocycles. The van der Waals surface area contributed by atoms with E-state index in [-0.39, 0.29) is 0 Å². The molecule has 2 heteroatoms. The van der Waals surface area contributed by atoms with E-state index in [1.54, 1.807) is 0 Å². The van der Waals surface area contributed by atoms with Crippen molar-refractivity contribution >= 4 is 15.9 Å². The lowest BCUT2D eigenvalue weighted by Crippen LogP contribution is -2.31. The zero-order chi connectivity index (χ0) is 14.0. The van der Waals surface area contributed by atoms with Gasteiger partial charge < -0.3 is 5.32 Å². The van der Waals surface area contributed by atoms with Gasteiger partial charge in [-0.25, -0.2) is 0 Å². The molecule has 0 aliphatic heterocycles. The highest BCUT2D eigenvalue weighted by Gasteiger charge is 2.30. The van der Waals surface area contributed by atoms with Crippen molar-refractivity contribution in [3.63, 3.8) is 0 Å². The molecular formula is C17H26BrN. The second-order valence-corrected chi connectivity index (χ2v) is 7.16. The Morgan fingerprint density at radius 3 is 2.53 bits per heavy atom. The van der Waals surface area contributed by atoms with E-state index in [0.717, 1.165) is 17.8 Å². The summed E-state index contributed by atoms with van der Waals surface area (Å²) >= 11 is 3.59. The standard InChI is InChI=1S/C17H26BrN/c1-11-5-6-14(9-12(11)2)17(19-4)15-7-8-16(18)13(3)10-15/h7-8,10-12,14,17,19H,5-6,9H2,1-4H3. The van der Waals surface area contributed by atoms with Crippen LogP contribution in [0.15, 0.2) is 22.7 Å². The summed E-state index contributed by atoms with van der Waals surface area (Å²) in [5.41, 5.74) is 2.77. The summed E-state index contributed by atoms with van der Waals surface area (Å²) in [7, 11) is 2.10. The molecule has 1 aromatic rings. The highest BCUT2D eigenvalue weighted by atomic mass is 79.9. The maximum atomic E-state index is 3.59. The Hall–Kier alpha value is -0.340. The number of halogens is 1. The van der Waals surface area contributed by atoms with Crippen molar-refractivity contribution in [3.8, 4) is 0 Å². The van der Waals surface area contributed by atoms with Crippen LogP contribution in [-0.4, -0.2) is 7.05 Å². The summed E-state index contributed by atoms with van der Waals surface area (Å²) in [4.78, 5) is 0. The average molecular weight is 324 g/mol. The van der Waals surface area contributed by atoms with Gasteiger partial charge in [0.1, 0.15) is 0 Å². The molecule has 1 nitrogen and oxygen atoms in total. The van der Waals surface area contributed by atoms with E-state index in [1.165, 1.54) is 34.9 Å². The van der Waals surface area contributed by atoms with E-state index >= 15 is 0 Å². The molecule has 1 N–H and O–H groups in total. The number of hydrogen-bond donors (Lipinski definition) is 1. The lowest BCUT2D eigenvalue weighted by molar-refractivity contribution is 0.174. The Kier molecular flexibility index (Phi) is 5.08. The minimum atomic E-state index is 0.502. The van der Waals surface area contributed by atoms with Crippen LogP contribution in [-0.2, 0) is 0 Å². The summed E-state index contributed by atoms with van der Waals surface area (Å²) in [6.07, 6.45) is 4.08. The van der Waals surface area contributed by atoms with Crippen molar-refractivity contribution < 1.29 is 0 Å².